The first-order valence-corrected chi connectivity index (χ1v) is 12.6. The normalized spacial score (nSPS) is 14.4. The molecule has 0 saturated carbocycles. The highest BCUT2D eigenvalue weighted by atomic mass is 127. The number of carbonyl (C=O) groups excluding carboxylic acids is 3. The van der Waals surface area contributed by atoms with Crippen LogP contribution in [0.15, 0.2) is 66.2 Å². The number of carbonyl (C=O) groups is 3. The van der Waals surface area contributed by atoms with E-state index in [1.165, 1.54) is 18.2 Å². The predicted octanol–water partition coefficient (Wildman–Crippen LogP) is 5.15. The quantitative estimate of drug-likeness (QED) is 0.120. The maximum absolute atomic E-state index is 13.2. The summed E-state index contributed by atoms with van der Waals surface area (Å²) in [5, 5.41) is 13.1. The number of nitro groups is 1. The van der Waals surface area contributed by atoms with E-state index in [9.17, 15) is 24.5 Å². The molecule has 10 nitrogen and oxygen atoms in total. The van der Waals surface area contributed by atoms with Gasteiger partial charge in [0.2, 0.25) is 0 Å². The highest BCUT2D eigenvalue weighted by molar-refractivity contribution is 14.1. The van der Waals surface area contributed by atoms with Crippen LogP contribution in [0.25, 0.3) is 6.08 Å². The maximum atomic E-state index is 13.2. The summed E-state index contributed by atoms with van der Waals surface area (Å²) in [6.07, 6.45) is 1.40. The van der Waals surface area contributed by atoms with Crippen LogP contribution in [-0.4, -0.2) is 29.4 Å². The number of urea groups is 1. The van der Waals surface area contributed by atoms with E-state index in [2.05, 4.69) is 27.9 Å². The van der Waals surface area contributed by atoms with Gasteiger partial charge in [0.05, 0.1) is 20.8 Å². The van der Waals surface area contributed by atoms with Crippen LogP contribution in [0.1, 0.15) is 23.6 Å². The van der Waals surface area contributed by atoms with Crippen LogP contribution in [0.3, 0.4) is 0 Å². The third-order valence-corrected chi connectivity index (χ3v) is 6.37. The summed E-state index contributed by atoms with van der Waals surface area (Å²) in [5.41, 5.74) is 2.31. The van der Waals surface area contributed by atoms with E-state index < -0.39 is 22.8 Å². The van der Waals surface area contributed by atoms with Gasteiger partial charge in [0.25, 0.3) is 17.5 Å². The maximum Gasteiger partial charge on any atom is 0.335 e. The number of ether oxygens (including phenoxy) is 2. The fourth-order valence-electron chi connectivity index (χ4n) is 3.70. The van der Waals surface area contributed by atoms with Crippen molar-refractivity contribution in [3.63, 3.8) is 0 Å². The van der Waals surface area contributed by atoms with Crippen molar-refractivity contribution < 1.29 is 28.8 Å². The zero-order valence-corrected chi connectivity index (χ0v) is 22.6. The summed E-state index contributed by atoms with van der Waals surface area (Å²) in [6, 6.07) is 15.4. The third-order valence-electron chi connectivity index (χ3n) is 5.57. The number of nitro benzene ring substituents is 1. The first-order chi connectivity index (χ1) is 18.2. The summed E-state index contributed by atoms with van der Waals surface area (Å²) in [5.74, 6) is -0.698. The number of nitrogens with one attached hydrogen (secondary N) is 1. The Labute approximate surface area is 231 Å². The Hall–Kier alpha value is -4.26. The molecule has 1 aliphatic heterocycles. The van der Waals surface area contributed by atoms with Gasteiger partial charge in [-0.05, 0) is 90.0 Å². The van der Waals surface area contributed by atoms with E-state index in [4.69, 9.17) is 9.47 Å². The van der Waals surface area contributed by atoms with E-state index in [0.717, 1.165) is 16.0 Å². The van der Waals surface area contributed by atoms with Crippen molar-refractivity contribution in [3.05, 3.63) is 96.6 Å². The zero-order valence-electron chi connectivity index (χ0n) is 20.4. The van der Waals surface area contributed by atoms with E-state index in [1.54, 1.807) is 55.5 Å². The number of rotatable bonds is 8. The van der Waals surface area contributed by atoms with Gasteiger partial charge in [-0.3, -0.25) is 25.0 Å². The Morgan fingerprint density at radius 3 is 2.34 bits per heavy atom. The van der Waals surface area contributed by atoms with Crippen LogP contribution >= 0.6 is 22.6 Å². The number of imide groups is 2. The van der Waals surface area contributed by atoms with Gasteiger partial charge in [-0.2, -0.15) is 0 Å². The fourth-order valence-corrected chi connectivity index (χ4v) is 4.48. The number of non-ortho nitro benzene ring substituents is 1. The molecule has 3 aromatic rings. The molecule has 0 bridgehead atoms. The molecule has 38 heavy (non-hydrogen) atoms. The number of halogens is 1. The second kappa shape index (κ2) is 11.4. The zero-order chi connectivity index (χ0) is 27.4. The van der Waals surface area contributed by atoms with Gasteiger partial charge in [-0.15, -0.1) is 0 Å². The first-order valence-electron chi connectivity index (χ1n) is 11.5. The molecule has 3 aromatic carbocycles. The minimum absolute atomic E-state index is 0.0142. The molecule has 0 aromatic heterocycles. The Bertz CT molecular complexity index is 1450. The van der Waals surface area contributed by atoms with Crippen molar-refractivity contribution in [1.29, 1.82) is 0 Å². The van der Waals surface area contributed by atoms with Crippen molar-refractivity contribution in [1.82, 2.24) is 5.32 Å². The largest absolute Gasteiger partial charge is 0.490 e. The lowest BCUT2D eigenvalue weighted by Gasteiger charge is -2.26. The molecule has 1 heterocycles. The van der Waals surface area contributed by atoms with Crippen molar-refractivity contribution in [2.75, 3.05) is 11.5 Å². The smallest absolute Gasteiger partial charge is 0.335 e. The summed E-state index contributed by atoms with van der Waals surface area (Å²) >= 11 is 2.06. The lowest BCUT2D eigenvalue weighted by atomic mass is 10.1. The Morgan fingerprint density at radius 2 is 1.71 bits per heavy atom. The molecule has 11 heteroatoms. The van der Waals surface area contributed by atoms with Gasteiger partial charge < -0.3 is 9.47 Å². The molecule has 1 N–H and O–H groups in total. The molecule has 0 spiro atoms. The van der Waals surface area contributed by atoms with Crippen molar-refractivity contribution in [2.24, 2.45) is 0 Å². The molecule has 1 aliphatic rings. The molecule has 0 radical (unpaired) electrons. The van der Waals surface area contributed by atoms with Crippen LogP contribution in [-0.2, 0) is 16.2 Å². The first kappa shape index (κ1) is 26.8. The van der Waals surface area contributed by atoms with Gasteiger partial charge in [-0.25, -0.2) is 9.69 Å². The van der Waals surface area contributed by atoms with Crippen LogP contribution in [0.2, 0.25) is 0 Å². The van der Waals surface area contributed by atoms with Gasteiger partial charge in [0, 0.05) is 12.1 Å². The summed E-state index contributed by atoms with van der Waals surface area (Å²) in [7, 11) is 0. The standard InChI is InChI=1S/C27H22IN3O7/c1-3-37-23-14-18(13-22(28)24(23)38-15-17-6-10-20(11-7-17)31(35)36)12-21-25(32)29-27(34)30(26(21)33)19-8-4-16(2)5-9-19/h4-14H,3,15H2,1-2H3,(H,29,32,34)/b21-12+. The van der Waals surface area contributed by atoms with Gasteiger partial charge in [0.15, 0.2) is 11.5 Å². The fraction of sp³-hybridized carbons (Fsp3) is 0.148. The number of benzene rings is 3. The Kier molecular flexibility index (Phi) is 8.05. The molecule has 1 saturated heterocycles. The van der Waals surface area contributed by atoms with Crippen molar-refractivity contribution >= 4 is 57.9 Å². The summed E-state index contributed by atoms with van der Waals surface area (Å²) in [6.45, 7) is 4.16. The Morgan fingerprint density at radius 1 is 1.03 bits per heavy atom. The molecule has 1 fully saturated rings. The molecule has 0 aliphatic carbocycles. The number of barbiturate groups is 1. The van der Waals surface area contributed by atoms with Crippen LogP contribution < -0.4 is 19.7 Å². The van der Waals surface area contributed by atoms with Crippen LogP contribution in [0.5, 0.6) is 11.5 Å². The lowest BCUT2D eigenvalue weighted by Crippen LogP contribution is -2.54. The van der Waals surface area contributed by atoms with Crippen LogP contribution in [0, 0.1) is 20.6 Å². The number of hydrogen-bond donors (Lipinski definition) is 1. The van der Waals surface area contributed by atoms with E-state index >= 15 is 0 Å². The lowest BCUT2D eigenvalue weighted by molar-refractivity contribution is -0.384. The average Bonchev–Trinajstić information content (AvgIpc) is 2.87. The van der Waals surface area contributed by atoms with E-state index in [-0.39, 0.29) is 17.9 Å². The van der Waals surface area contributed by atoms with Crippen molar-refractivity contribution in [2.45, 2.75) is 20.5 Å². The monoisotopic (exact) mass is 627 g/mol. The second-order valence-electron chi connectivity index (χ2n) is 8.27. The Balaban J connectivity index is 1.62. The van der Waals surface area contributed by atoms with E-state index in [1.807, 2.05) is 6.92 Å². The SMILES string of the molecule is CCOc1cc(/C=C2\C(=O)NC(=O)N(c3ccc(C)cc3)C2=O)cc(I)c1OCc1ccc([N+](=O)[O-])cc1. The van der Waals surface area contributed by atoms with E-state index in [0.29, 0.717) is 32.9 Å². The molecule has 194 valence electrons. The third kappa shape index (κ3) is 5.83. The molecule has 4 rings (SSSR count). The molecular formula is C27H22IN3O7. The predicted molar refractivity (Wildman–Crippen MR) is 148 cm³/mol. The average molecular weight is 627 g/mol. The minimum Gasteiger partial charge on any atom is -0.490 e. The number of nitrogens with zero attached hydrogens (tertiary/aromatic N) is 2. The van der Waals surface area contributed by atoms with Gasteiger partial charge in [0.1, 0.15) is 12.2 Å². The topological polar surface area (TPSA) is 128 Å². The second-order valence-corrected chi connectivity index (χ2v) is 9.43. The summed E-state index contributed by atoms with van der Waals surface area (Å²) < 4.78 is 12.4. The molecular weight excluding hydrogens is 605 g/mol. The number of hydrogen-bond acceptors (Lipinski definition) is 7. The number of aryl methyl sites for hydroxylation is 1. The molecule has 4 amide bonds. The summed E-state index contributed by atoms with van der Waals surface area (Å²) in [4.78, 5) is 49.6. The van der Waals surface area contributed by atoms with Gasteiger partial charge >= 0.3 is 6.03 Å². The van der Waals surface area contributed by atoms with Gasteiger partial charge in [-0.1, -0.05) is 17.7 Å². The number of anilines is 1. The molecule has 0 unspecified atom stereocenters. The minimum atomic E-state index is -0.819. The molecule has 0 atom stereocenters. The van der Waals surface area contributed by atoms with Crippen LogP contribution in [0.4, 0.5) is 16.2 Å². The highest BCUT2D eigenvalue weighted by Gasteiger charge is 2.36. The van der Waals surface area contributed by atoms with Crippen molar-refractivity contribution in [3.8, 4) is 11.5 Å². The highest BCUT2D eigenvalue weighted by Crippen LogP contribution is 2.36. The number of amides is 4.